The third kappa shape index (κ3) is 5.22. The molecule has 2 N–H and O–H groups in total. The number of aliphatic imine (C=N–C) groups is 1. The van der Waals surface area contributed by atoms with Crippen LogP contribution in [0.2, 0.25) is 0 Å². The van der Waals surface area contributed by atoms with Crippen LogP contribution < -0.4 is 10.6 Å². The van der Waals surface area contributed by atoms with E-state index in [2.05, 4.69) is 10.6 Å². The molecule has 1 aliphatic rings. The van der Waals surface area contributed by atoms with Crippen molar-refractivity contribution in [3.8, 4) is 0 Å². The standard InChI is InChI=1S/C27H27N3O4/c1-33-15-14-28-17-18-8-11-21(12-9-18)29-25(19-6-4-3-5-7-19)24-22-13-10-20(27(32)34-2)16-23(22)30-26(24)31/h3-13,16,24,28H,14-15,17H2,1-2H3,(H,30,31). The second-order valence-corrected chi connectivity index (χ2v) is 7.91. The highest BCUT2D eigenvalue weighted by molar-refractivity contribution is 6.24. The molecule has 3 aromatic rings. The fraction of sp³-hybridized carbons (Fsp3) is 0.222. The zero-order valence-electron chi connectivity index (χ0n) is 19.2. The van der Waals surface area contributed by atoms with Gasteiger partial charge >= 0.3 is 5.97 Å². The van der Waals surface area contributed by atoms with Crippen LogP contribution in [-0.2, 0) is 20.8 Å². The number of hydrogen-bond donors (Lipinski definition) is 2. The number of esters is 1. The molecule has 34 heavy (non-hydrogen) atoms. The molecule has 0 aliphatic carbocycles. The number of fused-ring (bicyclic) bond motifs is 1. The van der Waals surface area contributed by atoms with E-state index < -0.39 is 11.9 Å². The topological polar surface area (TPSA) is 89.0 Å². The summed E-state index contributed by atoms with van der Waals surface area (Å²) in [6, 6.07) is 22.7. The van der Waals surface area contributed by atoms with Crippen molar-refractivity contribution in [3.63, 3.8) is 0 Å². The van der Waals surface area contributed by atoms with Gasteiger partial charge in [-0.15, -0.1) is 0 Å². The second kappa shape index (κ2) is 10.9. The molecule has 7 nitrogen and oxygen atoms in total. The van der Waals surface area contributed by atoms with Gasteiger partial charge in [0.15, 0.2) is 0 Å². The Morgan fingerprint density at radius 2 is 1.76 bits per heavy atom. The Hall–Kier alpha value is -3.81. The zero-order chi connectivity index (χ0) is 23.9. The molecule has 1 heterocycles. The minimum absolute atomic E-state index is 0.182. The van der Waals surface area contributed by atoms with Crippen LogP contribution in [0.4, 0.5) is 11.4 Å². The number of hydrogen-bond acceptors (Lipinski definition) is 6. The summed E-state index contributed by atoms with van der Waals surface area (Å²) < 4.78 is 9.86. The lowest BCUT2D eigenvalue weighted by Gasteiger charge is -2.14. The van der Waals surface area contributed by atoms with Gasteiger partial charge in [-0.25, -0.2) is 4.79 Å². The summed E-state index contributed by atoms with van der Waals surface area (Å²) in [6.45, 7) is 2.18. The highest BCUT2D eigenvalue weighted by atomic mass is 16.5. The molecule has 0 radical (unpaired) electrons. The maximum Gasteiger partial charge on any atom is 0.337 e. The van der Waals surface area contributed by atoms with E-state index in [4.69, 9.17) is 14.5 Å². The predicted molar refractivity (Wildman–Crippen MR) is 132 cm³/mol. The summed E-state index contributed by atoms with van der Waals surface area (Å²) in [5.74, 6) is -1.23. The molecule has 0 bridgehead atoms. The van der Waals surface area contributed by atoms with Crippen molar-refractivity contribution in [3.05, 3.63) is 95.1 Å². The zero-order valence-corrected chi connectivity index (χ0v) is 19.2. The quantitative estimate of drug-likeness (QED) is 0.287. The monoisotopic (exact) mass is 457 g/mol. The summed E-state index contributed by atoms with van der Waals surface area (Å²) in [4.78, 5) is 29.9. The fourth-order valence-corrected chi connectivity index (χ4v) is 3.92. The number of rotatable bonds is 9. The molecule has 0 spiro atoms. The number of amides is 1. The maximum atomic E-state index is 13.1. The lowest BCUT2D eigenvalue weighted by Crippen LogP contribution is -2.22. The molecular formula is C27H27N3O4. The van der Waals surface area contributed by atoms with E-state index in [1.165, 1.54) is 7.11 Å². The number of nitrogens with zero attached hydrogens (tertiary/aromatic N) is 1. The van der Waals surface area contributed by atoms with E-state index in [0.29, 0.717) is 23.6 Å². The molecule has 4 rings (SSSR count). The smallest absolute Gasteiger partial charge is 0.337 e. The summed E-state index contributed by atoms with van der Waals surface area (Å²) in [5, 5.41) is 6.22. The third-order valence-corrected chi connectivity index (χ3v) is 5.65. The molecule has 3 aromatic carbocycles. The maximum absolute atomic E-state index is 13.1. The number of carbonyl (C=O) groups excluding carboxylic acids is 2. The molecule has 0 fully saturated rings. The average molecular weight is 458 g/mol. The molecule has 7 heteroatoms. The predicted octanol–water partition coefficient (Wildman–Crippen LogP) is 4.07. The van der Waals surface area contributed by atoms with Crippen LogP contribution in [0.1, 0.15) is 33.0 Å². The van der Waals surface area contributed by atoms with Gasteiger partial charge in [0.05, 0.1) is 30.7 Å². The first-order valence-corrected chi connectivity index (χ1v) is 11.1. The van der Waals surface area contributed by atoms with Crippen molar-refractivity contribution in [2.75, 3.05) is 32.7 Å². The number of anilines is 1. The Labute approximate surface area is 198 Å². The molecule has 0 saturated carbocycles. The molecule has 0 saturated heterocycles. The third-order valence-electron chi connectivity index (χ3n) is 5.65. The molecule has 0 aromatic heterocycles. The Kier molecular flexibility index (Phi) is 7.47. The summed E-state index contributed by atoms with van der Waals surface area (Å²) >= 11 is 0. The minimum atomic E-state index is -0.598. The molecule has 174 valence electrons. The first-order chi connectivity index (χ1) is 16.6. The van der Waals surface area contributed by atoms with Crippen LogP contribution in [0.3, 0.4) is 0 Å². The summed E-state index contributed by atoms with van der Waals surface area (Å²) in [6.07, 6.45) is 0. The summed E-state index contributed by atoms with van der Waals surface area (Å²) in [7, 11) is 3.01. The number of benzene rings is 3. The SMILES string of the molecule is COCCNCc1ccc(N=C(c2ccccc2)C2C(=O)Nc3cc(C(=O)OC)ccc32)cc1. The van der Waals surface area contributed by atoms with Crippen molar-refractivity contribution in [2.45, 2.75) is 12.5 Å². The average Bonchev–Trinajstić information content (AvgIpc) is 3.20. The van der Waals surface area contributed by atoms with Crippen LogP contribution in [0.25, 0.3) is 0 Å². The lowest BCUT2D eigenvalue weighted by atomic mass is 9.90. The number of methoxy groups -OCH3 is 2. The highest BCUT2D eigenvalue weighted by Crippen LogP contribution is 2.37. The highest BCUT2D eigenvalue weighted by Gasteiger charge is 2.35. The molecule has 1 unspecified atom stereocenters. The number of ether oxygens (including phenoxy) is 2. The summed E-state index contributed by atoms with van der Waals surface area (Å²) in [5.41, 5.74) is 5.15. The Bertz CT molecular complexity index is 1190. The van der Waals surface area contributed by atoms with Crippen molar-refractivity contribution in [2.24, 2.45) is 4.99 Å². The van der Waals surface area contributed by atoms with Crippen molar-refractivity contribution in [1.82, 2.24) is 5.32 Å². The first-order valence-electron chi connectivity index (χ1n) is 11.1. The van der Waals surface area contributed by atoms with Crippen LogP contribution in [0.15, 0.2) is 77.8 Å². The second-order valence-electron chi connectivity index (χ2n) is 7.91. The van der Waals surface area contributed by atoms with Crippen LogP contribution in [-0.4, -0.2) is 45.0 Å². The van der Waals surface area contributed by atoms with Crippen LogP contribution in [0.5, 0.6) is 0 Å². The van der Waals surface area contributed by atoms with Gasteiger partial charge in [0.25, 0.3) is 0 Å². The molecule has 1 amide bonds. The minimum Gasteiger partial charge on any atom is -0.465 e. The number of carbonyl (C=O) groups is 2. The van der Waals surface area contributed by atoms with E-state index in [9.17, 15) is 9.59 Å². The fourth-order valence-electron chi connectivity index (χ4n) is 3.92. The van der Waals surface area contributed by atoms with E-state index in [0.717, 1.165) is 35.5 Å². The largest absolute Gasteiger partial charge is 0.465 e. The van der Waals surface area contributed by atoms with E-state index in [1.54, 1.807) is 25.3 Å². The van der Waals surface area contributed by atoms with Crippen molar-refractivity contribution in [1.29, 1.82) is 0 Å². The van der Waals surface area contributed by atoms with Gasteiger partial charge in [-0.05, 0) is 41.0 Å². The van der Waals surface area contributed by atoms with E-state index in [-0.39, 0.29) is 5.91 Å². The number of nitrogens with one attached hydrogen (secondary N) is 2. The lowest BCUT2D eigenvalue weighted by molar-refractivity contribution is -0.115. The van der Waals surface area contributed by atoms with E-state index in [1.807, 2.05) is 54.6 Å². The first kappa shape index (κ1) is 23.4. The Morgan fingerprint density at radius 1 is 1.00 bits per heavy atom. The van der Waals surface area contributed by atoms with E-state index >= 15 is 0 Å². The Balaban J connectivity index is 1.67. The van der Waals surface area contributed by atoms with Gasteiger partial charge in [-0.2, -0.15) is 0 Å². The van der Waals surface area contributed by atoms with Crippen molar-refractivity contribution >= 4 is 29.0 Å². The van der Waals surface area contributed by atoms with Gasteiger partial charge in [0, 0.05) is 25.9 Å². The van der Waals surface area contributed by atoms with Gasteiger partial charge in [0.1, 0.15) is 5.92 Å². The molecule has 1 aliphatic heterocycles. The Morgan fingerprint density at radius 3 is 2.47 bits per heavy atom. The van der Waals surface area contributed by atoms with Gasteiger partial charge in [-0.1, -0.05) is 48.5 Å². The van der Waals surface area contributed by atoms with Gasteiger partial charge in [-0.3, -0.25) is 9.79 Å². The van der Waals surface area contributed by atoms with Crippen LogP contribution >= 0.6 is 0 Å². The van der Waals surface area contributed by atoms with Crippen LogP contribution in [0, 0.1) is 0 Å². The molecular weight excluding hydrogens is 430 g/mol. The van der Waals surface area contributed by atoms with Gasteiger partial charge in [0.2, 0.25) is 5.91 Å². The van der Waals surface area contributed by atoms with Crippen molar-refractivity contribution < 1.29 is 19.1 Å². The normalized spacial score (nSPS) is 15.1. The van der Waals surface area contributed by atoms with Gasteiger partial charge < -0.3 is 20.1 Å². The molecule has 1 atom stereocenters.